The molecule has 1 aliphatic rings. The molecule has 3 atom stereocenters. The Balaban J connectivity index is 1.35. The van der Waals surface area contributed by atoms with Gasteiger partial charge in [-0.3, -0.25) is 18.7 Å². The fourth-order valence-corrected chi connectivity index (χ4v) is 4.35. The van der Waals surface area contributed by atoms with Gasteiger partial charge in [0.1, 0.15) is 18.1 Å². The highest BCUT2D eigenvalue weighted by Crippen LogP contribution is 2.27. The Bertz CT molecular complexity index is 1110. The maximum atomic E-state index is 12.9. The molecule has 0 saturated carbocycles. The van der Waals surface area contributed by atoms with E-state index in [4.69, 9.17) is 15.2 Å². The number of benzene rings is 1. The predicted molar refractivity (Wildman–Crippen MR) is 135 cm³/mol. The molecule has 1 aromatic carbocycles. The summed E-state index contributed by atoms with van der Waals surface area (Å²) < 4.78 is 13.4. The maximum Gasteiger partial charge on any atom is 0.333 e. The molecule has 1 aliphatic heterocycles. The summed E-state index contributed by atoms with van der Waals surface area (Å²) in [6.07, 6.45) is 5.96. The number of aromatic nitrogens is 2. The number of aliphatic hydroxyl groups is 2. The Hall–Kier alpha value is -2.95. The average molecular weight is 504 g/mol. The smallest absolute Gasteiger partial charge is 0.333 e. The van der Waals surface area contributed by atoms with Crippen LogP contribution in [0.1, 0.15) is 69.6 Å². The highest BCUT2D eigenvalue weighted by Gasteiger charge is 2.35. The van der Waals surface area contributed by atoms with E-state index in [1.165, 1.54) is 15.3 Å². The van der Waals surface area contributed by atoms with E-state index in [1.54, 1.807) is 31.2 Å². The molecule has 0 aliphatic carbocycles. The molecule has 1 fully saturated rings. The van der Waals surface area contributed by atoms with Crippen LogP contribution in [0.4, 0.5) is 5.69 Å². The zero-order valence-corrected chi connectivity index (χ0v) is 20.8. The standard InChI is InChI=1S/C26H37N3O7/c1-18-16-29(23-15-21(31)22(17-30)36-23)26(34)28(25(18)33)14-8-6-4-2-3-5-7-9-24(32)35-20-12-10-19(27)11-13-20/h10-13,16,21-23,30-31H,2-9,14-15,17,27H2,1H3/t21-,22+,23+/m0/s1. The number of hydrogen-bond acceptors (Lipinski definition) is 8. The molecule has 0 radical (unpaired) electrons. The van der Waals surface area contributed by atoms with Crippen molar-refractivity contribution in [3.63, 3.8) is 0 Å². The number of ether oxygens (including phenoxy) is 2. The van der Waals surface area contributed by atoms with Gasteiger partial charge in [0.2, 0.25) is 0 Å². The lowest BCUT2D eigenvalue weighted by molar-refractivity contribution is -0.134. The van der Waals surface area contributed by atoms with Crippen molar-refractivity contribution < 1.29 is 24.5 Å². The van der Waals surface area contributed by atoms with E-state index in [1.807, 2.05) is 0 Å². The summed E-state index contributed by atoms with van der Waals surface area (Å²) in [6.45, 7) is 1.63. The number of carbonyl (C=O) groups is 1. The van der Waals surface area contributed by atoms with E-state index in [-0.39, 0.29) is 24.6 Å². The zero-order chi connectivity index (χ0) is 26.1. The van der Waals surface area contributed by atoms with Crippen LogP contribution >= 0.6 is 0 Å². The third-order valence-electron chi connectivity index (χ3n) is 6.44. The topological polar surface area (TPSA) is 146 Å². The number of anilines is 1. The van der Waals surface area contributed by atoms with Crippen LogP contribution < -0.4 is 21.7 Å². The zero-order valence-electron chi connectivity index (χ0n) is 20.8. The minimum atomic E-state index is -0.859. The minimum absolute atomic E-state index is 0.182. The first-order chi connectivity index (χ1) is 17.3. The second-order valence-electron chi connectivity index (χ2n) is 9.34. The number of aliphatic hydroxyl groups excluding tert-OH is 2. The van der Waals surface area contributed by atoms with Gasteiger partial charge in [0.05, 0.1) is 12.7 Å². The highest BCUT2D eigenvalue weighted by atomic mass is 16.5. The van der Waals surface area contributed by atoms with Crippen molar-refractivity contribution in [2.75, 3.05) is 12.3 Å². The van der Waals surface area contributed by atoms with Gasteiger partial charge >= 0.3 is 11.7 Å². The largest absolute Gasteiger partial charge is 0.427 e. The molecule has 10 nitrogen and oxygen atoms in total. The van der Waals surface area contributed by atoms with E-state index in [2.05, 4.69) is 0 Å². The van der Waals surface area contributed by atoms with Crippen LogP contribution in [0.25, 0.3) is 0 Å². The van der Waals surface area contributed by atoms with Crippen LogP contribution in [-0.2, 0) is 16.1 Å². The molecule has 10 heteroatoms. The Kier molecular flexibility index (Phi) is 10.3. The summed E-state index contributed by atoms with van der Waals surface area (Å²) in [5, 5.41) is 19.3. The number of nitrogens with two attached hydrogens (primary N) is 1. The van der Waals surface area contributed by atoms with E-state index < -0.39 is 24.1 Å². The molecule has 1 saturated heterocycles. The molecule has 0 bridgehead atoms. The van der Waals surface area contributed by atoms with E-state index >= 15 is 0 Å². The number of unbranched alkanes of at least 4 members (excludes halogenated alkanes) is 6. The lowest BCUT2D eigenvalue weighted by atomic mass is 10.1. The Morgan fingerprint density at radius 3 is 2.36 bits per heavy atom. The third kappa shape index (κ3) is 7.52. The predicted octanol–water partition coefficient (Wildman–Crippen LogP) is 2.27. The Labute approximate surface area is 210 Å². The number of nitrogens with zero attached hydrogens (tertiary/aromatic N) is 2. The van der Waals surface area contributed by atoms with Crippen molar-refractivity contribution in [3.05, 3.63) is 56.9 Å². The summed E-state index contributed by atoms with van der Waals surface area (Å²) in [7, 11) is 0. The molecule has 198 valence electrons. The van der Waals surface area contributed by atoms with Crippen LogP contribution in [0.3, 0.4) is 0 Å². The molecular formula is C26H37N3O7. The quantitative estimate of drug-likeness (QED) is 0.163. The summed E-state index contributed by atoms with van der Waals surface area (Å²) in [5.74, 6) is 0.245. The van der Waals surface area contributed by atoms with Crippen LogP contribution in [-0.4, -0.2) is 44.1 Å². The fourth-order valence-electron chi connectivity index (χ4n) is 4.35. The number of rotatable bonds is 13. The molecule has 36 heavy (non-hydrogen) atoms. The van der Waals surface area contributed by atoms with Gasteiger partial charge in [-0.15, -0.1) is 0 Å². The molecule has 2 heterocycles. The van der Waals surface area contributed by atoms with Crippen LogP contribution in [0.15, 0.2) is 40.1 Å². The fraction of sp³-hybridized carbons (Fsp3) is 0.577. The molecule has 1 aromatic heterocycles. The van der Waals surface area contributed by atoms with Crippen LogP contribution in [0, 0.1) is 6.92 Å². The monoisotopic (exact) mass is 503 g/mol. The van der Waals surface area contributed by atoms with Crippen molar-refractivity contribution in [2.24, 2.45) is 0 Å². The van der Waals surface area contributed by atoms with E-state index in [0.717, 1.165) is 38.5 Å². The van der Waals surface area contributed by atoms with Crippen molar-refractivity contribution in [1.29, 1.82) is 0 Å². The SMILES string of the molecule is Cc1cn([C@H]2C[C@H](O)[C@@H](CO)O2)c(=O)n(CCCCCCCCCC(=O)Oc2ccc(N)cc2)c1=O. The molecule has 0 unspecified atom stereocenters. The van der Waals surface area contributed by atoms with Crippen LogP contribution in [0.5, 0.6) is 5.75 Å². The Morgan fingerprint density at radius 2 is 1.72 bits per heavy atom. The second kappa shape index (κ2) is 13.4. The number of esters is 1. The first-order valence-electron chi connectivity index (χ1n) is 12.6. The van der Waals surface area contributed by atoms with Gasteiger partial charge < -0.3 is 25.4 Å². The second-order valence-corrected chi connectivity index (χ2v) is 9.34. The normalized spacial score (nSPS) is 19.5. The van der Waals surface area contributed by atoms with Crippen LogP contribution in [0.2, 0.25) is 0 Å². The third-order valence-corrected chi connectivity index (χ3v) is 6.44. The summed E-state index contributed by atoms with van der Waals surface area (Å²) in [4.78, 5) is 37.4. The van der Waals surface area contributed by atoms with Gasteiger partial charge in [-0.25, -0.2) is 4.79 Å². The minimum Gasteiger partial charge on any atom is -0.427 e. The Morgan fingerprint density at radius 1 is 1.08 bits per heavy atom. The molecule has 0 spiro atoms. The lowest BCUT2D eigenvalue weighted by Crippen LogP contribution is -2.42. The van der Waals surface area contributed by atoms with Crippen molar-refractivity contribution in [3.8, 4) is 5.75 Å². The molecule has 2 aromatic rings. The van der Waals surface area contributed by atoms with Gasteiger partial charge in [-0.1, -0.05) is 32.1 Å². The van der Waals surface area contributed by atoms with Gasteiger partial charge in [-0.2, -0.15) is 0 Å². The molecule has 4 N–H and O–H groups in total. The molecule has 3 rings (SSSR count). The van der Waals surface area contributed by atoms with E-state index in [0.29, 0.717) is 36.4 Å². The highest BCUT2D eigenvalue weighted by molar-refractivity contribution is 5.72. The first kappa shape index (κ1) is 27.6. The summed E-state index contributed by atoms with van der Waals surface area (Å²) >= 11 is 0. The average Bonchev–Trinajstić information content (AvgIpc) is 3.23. The van der Waals surface area contributed by atoms with Gasteiger partial charge in [0, 0.05) is 36.8 Å². The van der Waals surface area contributed by atoms with Gasteiger partial charge in [-0.05, 0) is 44.0 Å². The number of aryl methyl sites for hydroxylation is 1. The lowest BCUT2D eigenvalue weighted by Gasteiger charge is -2.17. The summed E-state index contributed by atoms with van der Waals surface area (Å²) in [6, 6.07) is 6.73. The van der Waals surface area contributed by atoms with Crippen molar-refractivity contribution >= 4 is 11.7 Å². The number of nitrogen functional groups attached to an aromatic ring is 1. The first-order valence-corrected chi connectivity index (χ1v) is 12.6. The van der Waals surface area contributed by atoms with Gasteiger partial charge in [0.25, 0.3) is 5.56 Å². The van der Waals surface area contributed by atoms with Crippen molar-refractivity contribution in [1.82, 2.24) is 9.13 Å². The number of hydrogen-bond donors (Lipinski definition) is 3. The summed E-state index contributed by atoms with van der Waals surface area (Å²) in [5.41, 5.74) is 5.88. The molecular weight excluding hydrogens is 466 g/mol. The van der Waals surface area contributed by atoms with E-state index in [9.17, 15) is 24.6 Å². The maximum absolute atomic E-state index is 12.9. The molecule has 0 amide bonds. The van der Waals surface area contributed by atoms with Crippen molar-refractivity contribution in [2.45, 2.75) is 89.7 Å². The van der Waals surface area contributed by atoms with Gasteiger partial charge in [0.15, 0.2) is 0 Å². The number of carbonyl (C=O) groups excluding carboxylic acids is 1.